The minimum absolute atomic E-state index is 0.162. The van der Waals surface area contributed by atoms with Crippen molar-refractivity contribution in [2.45, 2.75) is 51.6 Å². The van der Waals surface area contributed by atoms with Gasteiger partial charge in [0.1, 0.15) is 0 Å². The van der Waals surface area contributed by atoms with E-state index in [1.807, 2.05) is 23.1 Å². The van der Waals surface area contributed by atoms with Crippen LogP contribution >= 0.6 is 0 Å². The van der Waals surface area contributed by atoms with Gasteiger partial charge in [-0.2, -0.15) is 0 Å². The summed E-state index contributed by atoms with van der Waals surface area (Å²) in [5, 5.41) is 0. The van der Waals surface area contributed by atoms with E-state index in [1.54, 1.807) is 6.92 Å². The highest BCUT2D eigenvalue weighted by Crippen LogP contribution is 2.33. The summed E-state index contributed by atoms with van der Waals surface area (Å²) >= 11 is 0. The quantitative estimate of drug-likeness (QED) is 0.851. The lowest BCUT2D eigenvalue weighted by Crippen LogP contribution is -2.39. The molecule has 1 aliphatic heterocycles. The number of rotatable bonds is 3. The first-order chi connectivity index (χ1) is 9.74. The van der Waals surface area contributed by atoms with E-state index in [0.29, 0.717) is 12.6 Å². The molecule has 20 heavy (non-hydrogen) atoms. The Balaban J connectivity index is 1.74. The minimum atomic E-state index is 0.162. The zero-order chi connectivity index (χ0) is 13.9. The molecule has 0 bridgehead atoms. The Morgan fingerprint density at radius 1 is 1.20 bits per heavy atom. The number of amides is 1. The van der Waals surface area contributed by atoms with E-state index >= 15 is 0 Å². The molecule has 1 aromatic carbocycles. The second kappa shape index (κ2) is 5.73. The molecule has 1 saturated carbocycles. The Bertz CT molecular complexity index is 494. The van der Waals surface area contributed by atoms with E-state index in [9.17, 15) is 4.79 Å². The SMILES string of the molecule is CC(=O)N(Cc1ccc2c(c1)OCO2)C1CCCCC1. The molecule has 4 heteroatoms. The molecule has 2 aliphatic rings. The number of carbonyl (C=O) groups is 1. The van der Waals surface area contributed by atoms with Gasteiger partial charge < -0.3 is 14.4 Å². The Morgan fingerprint density at radius 2 is 1.95 bits per heavy atom. The van der Waals surface area contributed by atoms with Crippen LogP contribution in [0.5, 0.6) is 11.5 Å². The van der Waals surface area contributed by atoms with Gasteiger partial charge in [-0.1, -0.05) is 25.3 Å². The van der Waals surface area contributed by atoms with E-state index in [-0.39, 0.29) is 12.7 Å². The second-order valence-electron chi connectivity index (χ2n) is 5.63. The third-order valence-corrected chi connectivity index (χ3v) is 4.21. The lowest BCUT2D eigenvalue weighted by Gasteiger charge is -2.33. The maximum absolute atomic E-state index is 12.0. The van der Waals surface area contributed by atoms with Gasteiger partial charge in [0.2, 0.25) is 12.7 Å². The van der Waals surface area contributed by atoms with Crippen molar-refractivity contribution >= 4 is 5.91 Å². The van der Waals surface area contributed by atoms with Crippen molar-refractivity contribution in [1.82, 2.24) is 4.90 Å². The van der Waals surface area contributed by atoms with Gasteiger partial charge in [0.25, 0.3) is 0 Å². The van der Waals surface area contributed by atoms with Gasteiger partial charge in [-0.15, -0.1) is 0 Å². The highest BCUT2D eigenvalue weighted by molar-refractivity contribution is 5.73. The highest BCUT2D eigenvalue weighted by Gasteiger charge is 2.24. The highest BCUT2D eigenvalue weighted by atomic mass is 16.7. The van der Waals surface area contributed by atoms with Gasteiger partial charge in [-0.3, -0.25) is 4.79 Å². The summed E-state index contributed by atoms with van der Waals surface area (Å²) in [6.07, 6.45) is 6.02. The minimum Gasteiger partial charge on any atom is -0.454 e. The predicted molar refractivity (Wildman–Crippen MR) is 75.7 cm³/mol. The molecule has 1 aromatic rings. The van der Waals surface area contributed by atoms with Gasteiger partial charge in [-0.25, -0.2) is 0 Å². The van der Waals surface area contributed by atoms with Crippen molar-refractivity contribution in [3.05, 3.63) is 23.8 Å². The van der Waals surface area contributed by atoms with Crippen molar-refractivity contribution in [1.29, 1.82) is 0 Å². The number of hydrogen-bond acceptors (Lipinski definition) is 3. The third-order valence-electron chi connectivity index (χ3n) is 4.21. The number of benzene rings is 1. The van der Waals surface area contributed by atoms with Crippen LogP contribution in [0.1, 0.15) is 44.6 Å². The van der Waals surface area contributed by atoms with Crippen molar-refractivity contribution in [2.75, 3.05) is 6.79 Å². The van der Waals surface area contributed by atoms with Crippen molar-refractivity contribution < 1.29 is 14.3 Å². The van der Waals surface area contributed by atoms with Gasteiger partial charge >= 0.3 is 0 Å². The van der Waals surface area contributed by atoms with Crippen LogP contribution in [0.25, 0.3) is 0 Å². The van der Waals surface area contributed by atoms with Crippen LogP contribution in [0.3, 0.4) is 0 Å². The summed E-state index contributed by atoms with van der Waals surface area (Å²) in [5.74, 6) is 1.74. The van der Waals surface area contributed by atoms with Crippen molar-refractivity contribution in [3.8, 4) is 11.5 Å². The molecule has 0 saturated heterocycles. The maximum atomic E-state index is 12.0. The molecule has 1 heterocycles. The Hall–Kier alpha value is -1.71. The first-order valence-electron chi connectivity index (χ1n) is 7.40. The molecule has 0 N–H and O–H groups in total. The summed E-state index contributed by atoms with van der Waals surface area (Å²) < 4.78 is 10.7. The van der Waals surface area contributed by atoms with E-state index in [0.717, 1.165) is 29.9 Å². The molecule has 0 unspecified atom stereocenters. The first-order valence-corrected chi connectivity index (χ1v) is 7.40. The van der Waals surface area contributed by atoms with Gasteiger partial charge in [-0.05, 0) is 30.5 Å². The first kappa shape index (κ1) is 13.3. The zero-order valence-corrected chi connectivity index (χ0v) is 11.9. The lowest BCUT2D eigenvalue weighted by atomic mass is 9.93. The van der Waals surface area contributed by atoms with E-state index in [2.05, 4.69) is 0 Å². The molecule has 0 spiro atoms. The van der Waals surface area contributed by atoms with Crippen LogP contribution < -0.4 is 9.47 Å². The Kier molecular flexibility index (Phi) is 3.81. The van der Waals surface area contributed by atoms with Crippen LogP contribution in [-0.4, -0.2) is 23.6 Å². The van der Waals surface area contributed by atoms with Crippen LogP contribution in [0, 0.1) is 0 Å². The lowest BCUT2D eigenvalue weighted by molar-refractivity contribution is -0.132. The largest absolute Gasteiger partial charge is 0.454 e. The normalized spacial score (nSPS) is 18.1. The average molecular weight is 275 g/mol. The molecule has 0 radical (unpaired) electrons. The number of carbonyl (C=O) groups excluding carboxylic acids is 1. The zero-order valence-electron chi connectivity index (χ0n) is 11.9. The molecule has 1 amide bonds. The smallest absolute Gasteiger partial charge is 0.231 e. The molecule has 1 fully saturated rings. The molecule has 0 atom stereocenters. The summed E-state index contributed by atoms with van der Waals surface area (Å²) in [6.45, 7) is 2.62. The average Bonchev–Trinajstić information content (AvgIpc) is 2.93. The second-order valence-corrected chi connectivity index (χ2v) is 5.63. The third kappa shape index (κ3) is 2.74. The fourth-order valence-corrected chi connectivity index (χ4v) is 3.13. The van der Waals surface area contributed by atoms with Gasteiger partial charge in [0.15, 0.2) is 11.5 Å². The molecule has 4 nitrogen and oxygen atoms in total. The number of hydrogen-bond donors (Lipinski definition) is 0. The topological polar surface area (TPSA) is 38.8 Å². The Labute approximate surface area is 119 Å². The number of ether oxygens (including phenoxy) is 2. The Morgan fingerprint density at radius 3 is 2.70 bits per heavy atom. The molecular formula is C16H21NO3. The summed E-state index contributed by atoms with van der Waals surface area (Å²) in [4.78, 5) is 14.0. The van der Waals surface area contributed by atoms with Gasteiger partial charge in [0.05, 0.1) is 0 Å². The molecule has 3 rings (SSSR count). The molecule has 1 aliphatic carbocycles. The summed E-state index contributed by atoms with van der Waals surface area (Å²) in [5.41, 5.74) is 1.11. The monoisotopic (exact) mass is 275 g/mol. The summed E-state index contributed by atoms with van der Waals surface area (Å²) in [7, 11) is 0. The van der Waals surface area contributed by atoms with Crippen molar-refractivity contribution in [2.24, 2.45) is 0 Å². The molecular weight excluding hydrogens is 254 g/mol. The maximum Gasteiger partial charge on any atom is 0.231 e. The van der Waals surface area contributed by atoms with E-state index in [4.69, 9.17) is 9.47 Å². The molecule has 108 valence electrons. The van der Waals surface area contributed by atoms with Crippen LogP contribution in [-0.2, 0) is 11.3 Å². The van der Waals surface area contributed by atoms with Crippen molar-refractivity contribution in [3.63, 3.8) is 0 Å². The fourth-order valence-electron chi connectivity index (χ4n) is 3.13. The van der Waals surface area contributed by atoms with Crippen LogP contribution in [0.2, 0.25) is 0 Å². The van der Waals surface area contributed by atoms with Crippen LogP contribution in [0.4, 0.5) is 0 Å². The molecule has 0 aromatic heterocycles. The number of nitrogens with zero attached hydrogens (tertiary/aromatic N) is 1. The van der Waals surface area contributed by atoms with E-state index < -0.39 is 0 Å². The fraction of sp³-hybridized carbons (Fsp3) is 0.562. The van der Waals surface area contributed by atoms with Crippen LogP contribution in [0.15, 0.2) is 18.2 Å². The number of fused-ring (bicyclic) bond motifs is 1. The summed E-state index contributed by atoms with van der Waals surface area (Å²) in [6, 6.07) is 6.33. The standard InChI is InChI=1S/C16H21NO3/c1-12(18)17(14-5-3-2-4-6-14)10-13-7-8-15-16(9-13)20-11-19-15/h7-9,14H,2-6,10-11H2,1H3. The van der Waals surface area contributed by atoms with E-state index in [1.165, 1.54) is 19.3 Å². The van der Waals surface area contributed by atoms with Gasteiger partial charge in [0, 0.05) is 19.5 Å². The predicted octanol–water partition coefficient (Wildman–Crippen LogP) is 3.10.